The Morgan fingerprint density at radius 3 is 2.35 bits per heavy atom. The van der Waals surface area contributed by atoms with E-state index in [-0.39, 0.29) is 5.88 Å². The number of benzene rings is 2. The van der Waals surface area contributed by atoms with Crippen LogP contribution in [-0.2, 0) is 6.42 Å². The van der Waals surface area contributed by atoms with Gasteiger partial charge in [0.2, 0.25) is 5.88 Å². The minimum atomic E-state index is 0.214. The van der Waals surface area contributed by atoms with Gasteiger partial charge in [0.15, 0.2) is 0 Å². The summed E-state index contributed by atoms with van der Waals surface area (Å²) in [5, 5.41) is 15.5. The van der Waals surface area contributed by atoms with E-state index in [9.17, 15) is 5.11 Å². The largest absolute Gasteiger partial charge is 0.493 e. The highest BCUT2D eigenvalue weighted by atomic mass is 16.3. The normalized spacial score (nSPS) is 10.9. The fourth-order valence-electron chi connectivity index (χ4n) is 2.85. The Hall–Kier alpha value is -2.55. The van der Waals surface area contributed by atoms with E-state index in [0.717, 1.165) is 40.9 Å². The van der Waals surface area contributed by atoms with Gasteiger partial charge in [-0.25, -0.2) is 4.68 Å². The van der Waals surface area contributed by atoms with Gasteiger partial charge in [-0.2, -0.15) is 5.10 Å². The fraction of sp³-hybridized carbons (Fsp3) is 0.250. The zero-order valence-electron chi connectivity index (χ0n) is 13.9. The van der Waals surface area contributed by atoms with Crippen LogP contribution in [0.2, 0.25) is 0 Å². The second-order valence-electron chi connectivity index (χ2n) is 5.96. The molecule has 0 amide bonds. The number of hydrogen-bond donors (Lipinski definition) is 1. The van der Waals surface area contributed by atoms with Gasteiger partial charge in [-0.05, 0) is 37.5 Å². The molecule has 118 valence electrons. The zero-order chi connectivity index (χ0) is 16.4. The number of aromatic nitrogens is 2. The average molecular weight is 306 g/mol. The van der Waals surface area contributed by atoms with Crippen molar-refractivity contribution in [2.45, 2.75) is 33.6 Å². The first kappa shape index (κ1) is 15.3. The van der Waals surface area contributed by atoms with E-state index in [4.69, 9.17) is 5.10 Å². The Balaban J connectivity index is 2.19. The second-order valence-corrected chi connectivity index (χ2v) is 5.96. The van der Waals surface area contributed by atoms with Crippen LogP contribution in [-0.4, -0.2) is 14.9 Å². The summed E-state index contributed by atoms with van der Waals surface area (Å²) in [6.45, 7) is 6.22. The first-order valence-corrected chi connectivity index (χ1v) is 8.05. The SMILES string of the molecule is CCCc1nn(-c2ccccc2C)c(O)c1-c1ccc(C)cc1. The lowest BCUT2D eigenvalue weighted by molar-refractivity contribution is 0.435. The topological polar surface area (TPSA) is 38.0 Å². The highest BCUT2D eigenvalue weighted by Crippen LogP contribution is 2.35. The first-order valence-electron chi connectivity index (χ1n) is 8.05. The zero-order valence-corrected chi connectivity index (χ0v) is 13.9. The second kappa shape index (κ2) is 6.29. The Morgan fingerprint density at radius 2 is 1.70 bits per heavy atom. The average Bonchev–Trinajstić information content (AvgIpc) is 2.86. The van der Waals surface area contributed by atoms with E-state index in [1.807, 2.05) is 43.3 Å². The van der Waals surface area contributed by atoms with E-state index in [2.05, 4.69) is 26.0 Å². The summed E-state index contributed by atoms with van der Waals surface area (Å²) >= 11 is 0. The van der Waals surface area contributed by atoms with Crippen LogP contribution in [0.15, 0.2) is 48.5 Å². The highest BCUT2D eigenvalue weighted by Gasteiger charge is 2.20. The number of aryl methyl sites for hydroxylation is 3. The van der Waals surface area contributed by atoms with Crippen LogP contribution in [0.25, 0.3) is 16.8 Å². The summed E-state index contributed by atoms with van der Waals surface area (Å²) in [6.07, 6.45) is 1.83. The summed E-state index contributed by atoms with van der Waals surface area (Å²) in [5.41, 5.74) is 6.00. The molecule has 1 heterocycles. The number of aromatic hydroxyl groups is 1. The lowest BCUT2D eigenvalue weighted by atomic mass is 10.0. The monoisotopic (exact) mass is 306 g/mol. The van der Waals surface area contributed by atoms with Crippen LogP contribution in [0.3, 0.4) is 0 Å². The van der Waals surface area contributed by atoms with Crippen LogP contribution < -0.4 is 0 Å². The van der Waals surface area contributed by atoms with Crippen LogP contribution in [0, 0.1) is 13.8 Å². The molecule has 3 heteroatoms. The van der Waals surface area contributed by atoms with Crippen molar-refractivity contribution in [3.05, 3.63) is 65.4 Å². The molecule has 0 bridgehead atoms. The molecule has 0 spiro atoms. The maximum Gasteiger partial charge on any atom is 0.222 e. The number of hydrogen-bond acceptors (Lipinski definition) is 2. The standard InChI is InChI=1S/C20H22N2O/c1-4-7-17-19(16-12-10-14(2)11-13-16)20(23)22(21-17)18-9-6-5-8-15(18)3/h5-6,8-13,23H,4,7H2,1-3H3. The molecule has 0 radical (unpaired) electrons. The Morgan fingerprint density at radius 1 is 1.00 bits per heavy atom. The van der Waals surface area contributed by atoms with Crippen molar-refractivity contribution in [2.75, 3.05) is 0 Å². The summed E-state index contributed by atoms with van der Waals surface area (Å²) in [6, 6.07) is 16.2. The minimum Gasteiger partial charge on any atom is -0.493 e. The highest BCUT2D eigenvalue weighted by molar-refractivity contribution is 5.72. The van der Waals surface area contributed by atoms with Gasteiger partial charge in [-0.1, -0.05) is 61.4 Å². The molecule has 0 aliphatic heterocycles. The van der Waals surface area contributed by atoms with Gasteiger partial charge in [0, 0.05) is 0 Å². The van der Waals surface area contributed by atoms with E-state index in [0.29, 0.717) is 0 Å². The molecule has 3 nitrogen and oxygen atoms in total. The number of rotatable bonds is 4. The van der Waals surface area contributed by atoms with E-state index >= 15 is 0 Å². The lowest BCUT2D eigenvalue weighted by Crippen LogP contribution is -1.99. The van der Waals surface area contributed by atoms with Gasteiger partial charge in [-0.3, -0.25) is 0 Å². The van der Waals surface area contributed by atoms with E-state index < -0.39 is 0 Å². The predicted molar refractivity (Wildman–Crippen MR) is 94.1 cm³/mol. The third kappa shape index (κ3) is 2.87. The van der Waals surface area contributed by atoms with E-state index in [1.165, 1.54) is 5.56 Å². The van der Waals surface area contributed by atoms with Gasteiger partial charge in [0.05, 0.1) is 16.9 Å². The Labute approximate surface area is 137 Å². The van der Waals surface area contributed by atoms with Crippen LogP contribution >= 0.6 is 0 Å². The summed E-state index contributed by atoms with van der Waals surface area (Å²) in [4.78, 5) is 0. The van der Waals surface area contributed by atoms with Gasteiger partial charge < -0.3 is 5.11 Å². The van der Waals surface area contributed by atoms with Gasteiger partial charge >= 0.3 is 0 Å². The minimum absolute atomic E-state index is 0.214. The van der Waals surface area contributed by atoms with Crippen molar-refractivity contribution in [2.24, 2.45) is 0 Å². The summed E-state index contributed by atoms with van der Waals surface area (Å²) < 4.78 is 1.66. The molecule has 0 unspecified atom stereocenters. The molecule has 3 rings (SSSR count). The third-order valence-electron chi connectivity index (χ3n) is 4.10. The first-order chi connectivity index (χ1) is 11.1. The molecule has 0 atom stereocenters. The molecule has 0 fully saturated rings. The van der Waals surface area contributed by atoms with Crippen molar-refractivity contribution in [3.8, 4) is 22.7 Å². The van der Waals surface area contributed by atoms with Gasteiger partial charge in [-0.15, -0.1) is 0 Å². The molecule has 1 N–H and O–H groups in total. The molecule has 0 saturated heterocycles. The smallest absolute Gasteiger partial charge is 0.222 e. The van der Waals surface area contributed by atoms with Crippen LogP contribution in [0.1, 0.15) is 30.2 Å². The maximum absolute atomic E-state index is 10.8. The molecular formula is C20H22N2O. The molecule has 1 aromatic heterocycles. The van der Waals surface area contributed by atoms with Crippen molar-refractivity contribution in [3.63, 3.8) is 0 Å². The van der Waals surface area contributed by atoms with Gasteiger partial charge in [0.25, 0.3) is 0 Å². The maximum atomic E-state index is 10.8. The summed E-state index contributed by atoms with van der Waals surface area (Å²) in [5.74, 6) is 0.214. The Kier molecular flexibility index (Phi) is 4.20. The van der Waals surface area contributed by atoms with Crippen molar-refractivity contribution < 1.29 is 5.11 Å². The quantitative estimate of drug-likeness (QED) is 0.751. The molecule has 0 aliphatic carbocycles. The summed E-state index contributed by atoms with van der Waals surface area (Å²) in [7, 11) is 0. The third-order valence-corrected chi connectivity index (χ3v) is 4.10. The molecule has 2 aromatic carbocycles. The lowest BCUT2D eigenvalue weighted by Gasteiger charge is -2.07. The van der Waals surface area contributed by atoms with Gasteiger partial charge in [0.1, 0.15) is 0 Å². The molecule has 23 heavy (non-hydrogen) atoms. The molecular weight excluding hydrogens is 284 g/mol. The van der Waals surface area contributed by atoms with Crippen molar-refractivity contribution in [1.29, 1.82) is 0 Å². The molecule has 0 saturated carbocycles. The van der Waals surface area contributed by atoms with Crippen molar-refractivity contribution >= 4 is 0 Å². The number of nitrogens with zero attached hydrogens (tertiary/aromatic N) is 2. The molecule has 3 aromatic rings. The Bertz CT molecular complexity index is 816. The molecule has 0 aliphatic rings. The van der Waals surface area contributed by atoms with Crippen molar-refractivity contribution in [1.82, 2.24) is 9.78 Å². The fourth-order valence-corrected chi connectivity index (χ4v) is 2.85. The van der Waals surface area contributed by atoms with Crippen LogP contribution in [0.5, 0.6) is 5.88 Å². The van der Waals surface area contributed by atoms with E-state index in [1.54, 1.807) is 4.68 Å². The van der Waals surface area contributed by atoms with Crippen LogP contribution in [0.4, 0.5) is 0 Å². The number of para-hydroxylation sites is 1. The predicted octanol–water partition coefficient (Wildman–Crippen LogP) is 4.81.